The molecule has 0 saturated heterocycles. The van der Waals surface area contributed by atoms with Crippen molar-refractivity contribution in [3.05, 3.63) is 22.4 Å². The van der Waals surface area contributed by atoms with Gasteiger partial charge in [-0.2, -0.15) is 0 Å². The molecule has 19 heavy (non-hydrogen) atoms. The SMILES string of the molecule is CC(CNCc1cccs1)N(C)C1CCCCCC1. The number of thiophene rings is 1. The molecule has 0 amide bonds. The van der Waals surface area contributed by atoms with Crippen molar-refractivity contribution in [3.8, 4) is 0 Å². The quantitative estimate of drug-likeness (QED) is 0.796. The maximum Gasteiger partial charge on any atom is 0.0300 e. The van der Waals surface area contributed by atoms with Crippen LogP contribution in [0.2, 0.25) is 0 Å². The minimum absolute atomic E-state index is 0.628. The van der Waals surface area contributed by atoms with E-state index in [1.165, 1.54) is 43.4 Å². The highest BCUT2D eigenvalue weighted by molar-refractivity contribution is 7.09. The Morgan fingerprint density at radius 2 is 2.05 bits per heavy atom. The zero-order valence-corrected chi connectivity index (χ0v) is 13.2. The first-order chi connectivity index (χ1) is 9.27. The first-order valence-corrected chi connectivity index (χ1v) is 8.60. The highest BCUT2D eigenvalue weighted by Crippen LogP contribution is 2.22. The van der Waals surface area contributed by atoms with Crippen molar-refractivity contribution >= 4 is 11.3 Å². The van der Waals surface area contributed by atoms with Gasteiger partial charge in [-0.3, -0.25) is 4.90 Å². The van der Waals surface area contributed by atoms with Crippen LogP contribution in [0.5, 0.6) is 0 Å². The Morgan fingerprint density at radius 1 is 1.32 bits per heavy atom. The van der Waals surface area contributed by atoms with Crippen LogP contribution in [0.1, 0.15) is 50.3 Å². The second-order valence-corrected chi connectivity index (χ2v) is 6.90. The summed E-state index contributed by atoms with van der Waals surface area (Å²) in [5.41, 5.74) is 0. The van der Waals surface area contributed by atoms with Crippen LogP contribution in [-0.2, 0) is 6.54 Å². The van der Waals surface area contributed by atoms with Gasteiger partial charge in [-0.25, -0.2) is 0 Å². The molecule has 0 spiro atoms. The average molecular weight is 280 g/mol. The van der Waals surface area contributed by atoms with Crippen molar-refractivity contribution < 1.29 is 0 Å². The Balaban J connectivity index is 1.70. The molecule has 1 heterocycles. The molecule has 1 N–H and O–H groups in total. The van der Waals surface area contributed by atoms with Crippen molar-refractivity contribution in [3.63, 3.8) is 0 Å². The monoisotopic (exact) mass is 280 g/mol. The second-order valence-electron chi connectivity index (χ2n) is 5.87. The Labute approximate surface area is 122 Å². The smallest absolute Gasteiger partial charge is 0.0300 e. The summed E-state index contributed by atoms with van der Waals surface area (Å²) in [4.78, 5) is 4.04. The van der Waals surface area contributed by atoms with Crippen molar-refractivity contribution in [2.24, 2.45) is 0 Å². The van der Waals surface area contributed by atoms with E-state index in [2.05, 4.69) is 41.7 Å². The normalized spacial score (nSPS) is 19.5. The van der Waals surface area contributed by atoms with E-state index in [1.54, 1.807) is 0 Å². The highest BCUT2D eigenvalue weighted by Gasteiger charge is 2.20. The van der Waals surface area contributed by atoms with Crippen molar-refractivity contribution in [1.82, 2.24) is 10.2 Å². The van der Waals surface area contributed by atoms with Crippen molar-refractivity contribution in [2.45, 2.75) is 64.1 Å². The standard InChI is InChI=1S/C16H28N2S/c1-14(12-17-13-16-10-7-11-19-16)18(2)15-8-5-3-4-6-9-15/h7,10-11,14-15,17H,3-6,8-9,12-13H2,1-2H3. The van der Waals surface area contributed by atoms with Gasteiger partial charge >= 0.3 is 0 Å². The first-order valence-electron chi connectivity index (χ1n) is 7.72. The number of hydrogen-bond donors (Lipinski definition) is 1. The van der Waals surface area contributed by atoms with Crippen LogP contribution in [0.3, 0.4) is 0 Å². The predicted octanol–water partition coefficient (Wildman–Crippen LogP) is 3.88. The molecular formula is C16H28N2S. The lowest BCUT2D eigenvalue weighted by Gasteiger charge is -2.32. The molecular weight excluding hydrogens is 252 g/mol. The Morgan fingerprint density at radius 3 is 2.68 bits per heavy atom. The van der Waals surface area contributed by atoms with E-state index in [4.69, 9.17) is 0 Å². The third-order valence-electron chi connectivity index (χ3n) is 4.41. The Bertz CT molecular complexity index is 329. The summed E-state index contributed by atoms with van der Waals surface area (Å²) < 4.78 is 0. The van der Waals surface area contributed by atoms with Gasteiger partial charge in [0.05, 0.1) is 0 Å². The lowest BCUT2D eigenvalue weighted by molar-refractivity contribution is 0.164. The van der Waals surface area contributed by atoms with E-state index in [1.807, 2.05) is 11.3 Å². The number of hydrogen-bond acceptors (Lipinski definition) is 3. The summed E-state index contributed by atoms with van der Waals surface area (Å²) in [6.07, 6.45) is 8.51. The first kappa shape index (κ1) is 15.0. The van der Waals surface area contributed by atoms with Crippen LogP contribution in [0, 0.1) is 0 Å². The molecule has 0 radical (unpaired) electrons. The Hall–Kier alpha value is -0.380. The molecule has 108 valence electrons. The lowest BCUT2D eigenvalue weighted by atomic mass is 10.1. The molecule has 1 aromatic heterocycles. The van der Waals surface area contributed by atoms with Crippen molar-refractivity contribution in [1.29, 1.82) is 0 Å². The van der Waals surface area contributed by atoms with Crippen LogP contribution in [0.15, 0.2) is 17.5 Å². The van der Waals surface area contributed by atoms with Gasteiger partial charge in [-0.1, -0.05) is 31.7 Å². The Kier molecular flexibility index (Phi) is 6.35. The fraction of sp³-hybridized carbons (Fsp3) is 0.750. The zero-order chi connectivity index (χ0) is 13.5. The van der Waals surface area contributed by atoms with Gasteiger partial charge in [-0.05, 0) is 38.3 Å². The van der Waals surface area contributed by atoms with Gasteiger partial charge in [0.2, 0.25) is 0 Å². The molecule has 1 saturated carbocycles. The van der Waals surface area contributed by atoms with Gasteiger partial charge < -0.3 is 5.32 Å². The van der Waals surface area contributed by atoms with Gasteiger partial charge in [0, 0.05) is 30.1 Å². The van der Waals surface area contributed by atoms with Gasteiger partial charge in [0.1, 0.15) is 0 Å². The molecule has 1 aliphatic rings. The number of nitrogens with one attached hydrogen (secondary N) is 1. The van der Waals surface area contributed by atoms with Crippen molar-refractivity contribution in [2.75, 3.05) is 13.6 Å². The van der Waals surface area contributed by atoms with E-state index in [-0.39, 0.29) is 0 Å². The molecule has 2 rings (SSSR count). The summed E-state index contributed by atoms with van der Waals surface area (Å²) >= 11 is 1.84. The van der Waals surface area contributed by atoms with Gasteiger partial charge in [0.25, 0.3) is 0 Å². The van der Waals surface area contributed by atoms with Crippen LogP contribution in [0.4, 0.5) is 0 Å². The van der Waals surface area contributed by atoms with E-state index in [9.17, 15) is 0 Å². The summed E-state index contributed by atoms with van der Waals surface area (Å²) in [6.45, 7) is 4.46. The summed E-state index contributed by atoms with van der Waals surface area (Å²) in [5.74, 6) is 0. The van der Waals surface area contributed by atoms with E-state index >= 15 is 0 Å². The molecule has 2 nitrogen and oxygen atoms in total. The maximum atomic E-state index is 3.59. The van der Waals surface area contributed by atoms with Crippen LogP contribution < -0.4 is 5.32 Å². The zero-order valence-electron chi connectivity index (χ0n) is 12.4. The third-order valence-corrected chi connectivity index (χ3v) is 5.29. The molecule has 1 aliphatic carbocycles. The third kappa shape index (κ3) is 4.90. The number of rotatable bonds is 6. The fourth-order valence-electron chi connectivity index (χ4n) is 2.99. The lowest BCUT2D eigenvalue weighted by Crippen LogP contribution is -2.43. The second kappa shape index (κ2) is 8.03. The molecule has 0 bridgehead atoms. The molecule has 1 aromatic rings. The van der Waals surface area contributed by atoms with Crippen LogP contribution >= 0.6 is 11.3 Å². The molecule has 0 aromatic carbocycles. The molecule has 3 heteroatoms. The number of likely N-dealkylation sites (N-methyl/N-ethyl adjacent to an activating group) is 1. The molecule has 1 fully saturated rings. The van der Waals surface area contributed by atoms with E-state index in [0.29, 0.717) is 6.04 Å². The predicted molar refractivity (Wildman–Crippen MR) is 84.7 cm³/mol. The summed E-state index contributed by atoms with van der Waals surface area (Å²) in [6, 6.07) is 5.77. The van der Waals surface area contributed by atoms with Gasteiger partial charge in [0.15, 0.2) is 0 Å². The van der Waals surface area contributed by atoms with E-state index < -0.39 is 0 Å². The highest BCUT2D eigenvalue weighted by atomic mass is 32.1. The van der Waals surface area contributed by atoms with Gasteiger partial charge in [-0.15, -0.1) is 11.3 Å². The summed E-state index contributed by atoms with van der Waals surface area (Å²) in [7, 11) is 2.31. The molecule has 1 unspecified atom stereocenters. The number of nitrogens with zero attached hydrogens (tertiary/aromatic N) is 1. The molecule has 1 atom stereocenters. The fourth-order valence-corrected chi connectivity index (χ4v) is 3.66. The minimum atomic E-state index is 0.628. The van der Waals surface area contributed by atoms with E-state index in [0.717, 1.165) is 19.1 Å². The average Bonchev–Trinajstić information content (AvgIpc) is 2.78. The van der Waals surface area contributed by atoms with Crippen LogP contribution in [-0.4, -0.2) is 30.6 Å². The van der Waals surface area contributed by atoms with Crippen LogP contribution in [0.25, 0.3) is 0 Å². The minimum Gasteiger partial charge on any atom is -0.310 e. The topological polar surface area (TPSA) is 15.3 Å². The summed E-state index contributed by atoms with van der Waals surface area (Å²) in [5, 5.41) is 5.74. The largest absolute Gasteiger partial charge is 0.310 e. The maximum absolute atomic E-state index is 3.59. The molecule has 0 aliphatic heterocycles.